The fourth-order valence-electron chi connectivity index (χ4n) is 3.11. The molecule has 3 rings (SSSR count). The molecule has 0 spiro atoms. The lowest BCUT2D eigenvalue weighted by molar-refractivity contribution is -0.119. The summed E-state index contributed by atoms with van der Waals surface area (Å²) < 4.78 is 0. The molecule has 3 amide bonds. The van der Waals surface area contributed by atoms with Gasteiger partial charge in [-0.2, -0.15) is 4.99 Å². The number of rotatable bonds is 5. The smallest absolute Gasteiger partial charge is 0.349 e. The predicted octanol–water partition coefficient (Wildman–Crippen LogP) is -1.37. The lowest BCUT2D eigenvalue weighted by Crippen LogP contribution is -2.60. The van der Waals surface area contributed by atoms with Gasteiger partial charge in [0, 0.05) is 0 Å². The molecule has 2 heterocycles. The molecule has 0 fully saturated rings. The first kappa shape index (κ1) is 19.2. The molecular weight excluding hydrogens is 356 g/mol. The molecule has 0 saturated carbocycles. The maximum absolute atomic E-state index is 12.2. The van der Waals surface area contributed by atoms with Crippen LogP contribution in [0.5, 0.6) is 0 Å². The van der Waals surface area contributed by atoms with E-state index in [2.05, 4.69) is 15.6 Å². The first-order valence-corrected chi connectivity index (χ1v) is 8.46. The second kappa shape index (κ2) is 7.24. The number of aliphatic hydroxyl groups excluding tert-OH is 4. The number of urea groups is 1. The molecule has 10 heteroatoms. The summed E-state index contributed by atoms with van der Waals surface area (Å²) in [6.45, 7) is 2.83. The maximum Gasteiger partial charge on any atom is 0.349 e. The van der Waals surface area contributed by atoms with Crippen molar-refractivity contribution < 1.29 is 30.0 Å². The number of amidine groups is 1. The summed E-state index contributed by atoms with van der Waals surface area (Å²) in [5.41, 5.74) is 3.10. The Kier molecular flexibility index (Phi) is 5.16. The number of hydrogen-bond acceptors (Lipinski definition) is 8. The van der Waals surface area contributed by atoms with Crippen LogP contribution in [0, 0.1) is 13.8 Å². The number of nitrogens with one attached hydrogen (secondary N) is 2. The predicted molar refractivity (Wildman–Crippen MR) is 96.8 cm³/mol. The third kappa shape index (κ3) is 3.52. The second-order valence-corrected chi connectivity index (χ2v) is 6.71. The number of carbonyl (C=O) groups is 2. The van der Waals surface area contributed by atoms with Crippen LogP contribution in [0.1, 0.15) is 11.1 Å². The molecule has 10 nitrogen and oxygen atoms in total. The summed E-state index contributed by atoms with van der Waals surface area (Å²) in [6.07, 6.45) is -4.62. The van der Waals surface area contributed by atoms with Gasteiger partial charge in [-0.25, -0.2) is 4.79 Å². The van der Waals surface area contributed by atoms with Crippen LogP contribution in [0.2, 0.25) is 0 Å². The van der Waals surface area contributed by atoms with Crippen LogP contribution in [-0.2, 0) is 4.79 Å². The standard InChI is InChI=1S/C17H22N4O6/c1-7-3-9-10(4-8(7)2)21(5-11(23)14(25)12(24)6-22)15-13(18-9)16(26)20-17(27)19-15/h3-4,11-14,18,22-25H,5-6H2,1-2H3,(H,20,26,27)/t11-,12+,13?,14-/m1/s1. The Labute approximate surface area is 155 Å². The molecular formula is C17H22N4O6. The van der Waals surface area contributed by atoms with E-state index in [-0.39, 0.29) is 12.4 Å². The molecule has 2 aliphatic heterocycles. The molecule has 1 aromatic carbocycles. The summed E-state index contributed by atoms with van der Waals surface area (Å²) in [5.74, 6) is -0.492. The van der Waals surface area contributed by atoms with Gasteiger partial charge >= 0.3 is 6.03 Å². The van der Waals surface area contributed by atoms with Gasteiger partial charge in [0.1, 0.15) is 24.1 Å². The molecule has 1 unspecified atom stereocenters. The minimum absolute atomic E-state index is 0.0873. The molecule has 146 valence electrons. The number of aryl methyl sites for hydroxylation is 2. The number of imide groups is 1. The minimum atomic E-state index is -1.62. The number of aliphatic imine (C=N–C) groups is 1. The van der Waals surface area contributed by atoms with Gasteiger partial charge in [-0.15, -0.1) is 0 Å². The highest BCUT2D eigenvalue weighted by molar-refractivity contribution is 6.26. The van der Waals surface area contributed by atoms with E-state index in [9.17, 15) is 24.9 Å². The zero-order valence-electron chi connectivity index (χ0n) is 14.9. The van der Waals surface area contributed by atoms with Crippen molar-refractivity contribution in [1.29, 1.82) is 0 Å². The van der Waals surface area contributed by atoms with Gasteiger partial charge in [-0.1, -0.05) is 0 Å². The van der Waals surface area contributed by atoms with Gasteiger partial charge < -0.3 is 30.6 Å². The zero-order valence-corrected chi connectivity index (χ0v) is 14.9. The van der Waals surface area contributed by atoms with Crippen molar-refractivity contribution in [3.8, 4) is 0 Å². The molecule has 0 saturated heterocycles. The highest BCUT2D eigenvalue weighted by atomic mass is 16.4. The summed E-state index contributed by atoms with van der Waals surface area (Å²) in [4.78, 5) is 29.3. The highest BCUT2D eigenvalue weighted by Crippen LogP contribution is 2.35. The molecule has 0 aliphatic carbocycles. The van der Waals surface area contributed by atoms with E-state index in [1.807, 2.05) is 26.0 Å². The lowest BCUT2D eigenvalue weighted by Gasteiger charge is -2.40. The molecule has 0 aromatic heterocycles. The maximum atomic E-state index is 12.2. The van der Waals surface area contributed by atoms with E-state index in [4.69, 9.17) is 5.11 Å². The normalized spacial score (nSPS) is 22.1. The third-order valence-corrected chi connectivity index (χ3v) is 4.79. The quantitative estimate of drug-likeness (QED) is 0.367. The SMILES string of the molecule is Cc1cc2c(cc1C)N(C[C@@H](O)[C@@H](O)[C@@H](O)CO)C1=NC(=O)NC(=O)C1N2. The molecule has 4 atom stereocenters. The third-order valence-electron chi connectivity index (χ3n) is 4.79. The van der Waals surface area contributed by atoms with Crippen molar-refractivity contribution in [1.82, 2.24) is 5.32 Å². The van der Waals surface area contributed by atoms with Crippen molar-refractivity contribution in [2.45, 2.75) is 38.2 Å². The molecule has 6 N–H and O–H groups in total. The van der Waals surface area contributed by atoms with Crippen LogP contribution >= 0.6 is 0 Å². The average Bonchev–Trinajstić information content (AvgIpc) is 2.62. The van der Waals surface area contributed by atoms with Crippen LogP contribution in [0.3, 0.4) is 0 Å². The van der Waals surface area contributed by atoms with E-state index in [1.165, 1.54) is 4.90 Å². The van der Waals surface area contributed by atoms with Gasteiger partial charge in [-0.05, 0) is 37.1 Å². The number of anilines is 2. The van der Waals surface area contributed by atoms with E-state index in [0.29, 0.717) is 11.4 Å². The number of nitrogens with zero attached hydrogens (tertiary/aromatic N) is 2. The molecule has 0 bridgehead atoms. The van der Waals surface area contributed by atoms with Crippen LogP contribution < -0.4 is 15.5 Å². The fourth-order valence-corrected chi connectivity index (χ4v) is 3.11. The second-order valence-electron chi connectivity index (χ2n) is 6.71. The number of fused-ring (bicyclic) bond motifs is 2. The minimum Gasteiger partial charge on any atom is -0.394 e. The van der Waals surface area contributed by atoms with Gasteiger partial charge in [0.05, 0.1) is 24.5 Å². The van der Waals surface area contributed by atoms with Crippen LogP contribution in [0.25, 0.3) is 0 Å². The largest absolute Gasteiger partial charge is 0.394 e. The average molecular weight is 378 g/mol. The van der Waals surface area contributed by atoms with E-state index < -0.39 is 42.9 Å². The van der Waals surface area contributed by atoms with E-state index >= 15 is 0 Å². The summed E-state index contributed by atoms with van der Waals surface area (Å²) in [5, 5.41) is 44.0. The molecule has 2 aliphatic rings. The van der Waals surface area contributed by atoms with Crippen molar-refractivity contribution in [2.24, 2.45) is 4.99 Å². The van der Waals surface area contributed by atoms with Gasteiger partial charge in [0.25, 0.3) is 5.91 Å². The van der Waals surface area contributed by atoms with Crippen LogP contribution in [0.15, 0.2) is 17.1 Å². The number of benzene rings is 1. The van der Waals surface area contributed by atoms with Crippen molar-refractivity contribution in [3.63, 3.8) is 0 Å². The molecule has 27 heavy (non-hydrogen) atoms. The summed E-state index contributed by atoms with van der Waals surface area (Å²) in [7, 11) is 0. The fraction of sp³-hybridized carbons (Fsp3) is 0.471. The Morgan fingerprint density at radius 3 is 2.48 bits per heavy atom. The van der Waals surface area contributed by atoms with Crippen LogP contribution in [0.4, 0.5) is 16.2 Å². The summed E-state index contributed by atoms with van der Waals surface area (Å²) >= 11 is 0. The van der Waals surface area contributed by atoms with E-state index in [0.717, 1.165) is 11.1 Å². The highest BCUT2D eigenvalue weighted by Gasteiger charge is 2.41. The zero-order chi connectivity index (χ0) is 19.9. The Hall–Kier alpha value is -2.53. The van der Waals surface area contributed by atoms with Crippen molar-refractivity contribution in [3.05, 3.63) is 23.3 Å². The Bertz CT molecular complexity index is 811. The van der Waals surface area contributed by atoms with E-state index in [1.54, 1.807) is 0 Å². The number of hydrogen-bond donors (Lipinski definition) is 6. The number of amides is 3. The molecule has 1 aromatic rings. The lowest BCUT2D eigenvalue weighted by atomic mass is 10.00. The summed E-state index contributed by atoms with van der Waals surface area (Å²) in [6, 6.07) is 1.89. The Balaban J connectivity index is 2.04. The Morgan fingerprint density at radius 2 is 1.81 bits per heavy atom. The number of carbonyl (C=O) groups excluding carboxylic acids is 2. The van der Waals surface area contributed by atoms with Crippen molar-refractivity contribution in [2.75, 3.05) is 23.4 Å². The first-order chi connectivity index (χ1) is 12.7. The van der Waals surface area contributed by atoms with Crippen molar-refractivity contribution >= 4 is 29.1 Å². The molecule has 0 radical (unpaired) electrons. The van der Waals surface area contributed by atoms with Gasteiger partial charge in [0.15, 0.2) is 6.04 Å². The number of β-amino-alcohol motifs (C(OH)–C–C–N with tert-alkyl or cyclic N) is 1. The monoisotopic (exact) mass is 378 g/mol. The first-order valence-electron chi connectivity index (χ1n) is 8.46. The Morgan fingerprint density at radius 1 is 1.15 bits per heavy atom. The van der Waals surface area contributed by atoms with Gasteiger partial charge in [-0.3, -0.25) is 10.1 Å². The van der Waals surface area contributed by atoms with Crippen LogP contribution in [-0.4, -0.2) is 75.7 Å². The number of aliphatic hydroxyl groups is 4. The topological polar surface area (TPSA) is 155 Å². The van der Waals surface area contributed by atoms with Gasteiger partial charge in [0.2, 0.25) is 0 Å².